The molecule has 1 heterocycles. The van der Waals surface area contributed by atoms with Gasteiger partial charge in [-0.25, -0.2) is 8.78 Å². The molecule has 0 N–H and O–H groups in total. The zero-order valence-electron chi connectivity index (χ0n) is 15.5. The quantitative estimate of drug-likeness (QED) is 0.474. The number of halogens is 2. The first-order valence-electron chi connectivity index (χ1n) is 8.01. The fraction of sp³-hybridized carbons (Fsp3) is 0.750. The third-order valence-electron chi connectivity index (χ3n) is 3.49. The Hall–Kier alpha value is -1.91. The highest BCUT2D eigenvalue weighted by atomic mass is 32.2. The molecule has 0 amide bonds. The number of hydrogen-bond donors (Lipinski definition) is 0. The van der Waals surface area contributed by atoms with Crippen molar-refractivity contribution in [2.24, 2.45) is 0 Å². The van der Waals surface area contributed by atoms with Crippen LogP contribution in [-0.4, -0.2) is 65.2 Å². The molecule has 8 nitrogen and oxygen atoms in total. The van der Waals surface area contributed by atoms with E-state index in [1.54, 1.807) is 0 Å². The highest BCUT2D eigenvalue weighted by Gasteiger charge is 2.57. The number of hydrogen-bond acceptors (Lipinski definition) is 9. The van der Waals surface area contributed by atoms with Crippen LogP contribution < -0.4 is 0 Å². The molecule has 1 aliphatic heterocycles. The summed E-state index contributed by atoms with van der Waals surface area (Å²) >= 11 is 0.638. The number of ether oxygens (including phenoxy) is 4. The van der Waals surface area contributed by atoms with Crippen molar-refractivity contribution in [1.82, 2.24) is 0 Å². The van der Waals surface area contributed by atoms with Crippen LogP contribution in [0.3, 0.4) is 0 Å². The molecule has 0 aliphatic carbocycles. The first-order valence-corrected chi connectivity index (χ1v) is 8.95. The maximum Gasteiger partial charge on any atom is 0.303 e. The van der Waals surface area contributed by atoms with E-state index in [1.165, 1.54) is 0 Å². The molecule has 0 aromatic heterocycles. The average Bonchev–Trinajstić information content (AvgIpc) is 2.46. The molecule has 154 valence electrons. The van der Waals surface area contributed by atoms with Gasteiger partial charge in [0.25, 0.3) is 5.92 Å². The molecule has 1 saturated heterocycles. The lowest BCUT2D eigenvalue weighted by Crippen LogP contribution is -2.61. The molecule has 0 aromatic rings. The van der Waals surface area contributed by atoms with Crippen molar-refractivity contribution < 1.29 is 46.9 Å². The van der Waals surface area contributed by atoms with Crippen molar-refractivity contribution in [3.63, 3.8) is 0 Å². The molecule has 1 rings (SSSR count). The summed E-state index contributed by atoms with van der Waals surface area (Å²) in [5.74, 6) is -6.49. The van der Waals surface area contributed by atoms with Gasteiger partial charge < -0.3 is 18.9 Å². The molecular formula is C16H22F2O8S. The van der Waals surface area contributed by atoms with Crippen molar-refractivity contribution in [2.45, 2.75) is 69.4 Å². The molecule has 0 radical (unpaired) electrons. The van der Waals surface area contributed by atoms with Crippen LogP contribution in [0.1, 0.15) is 34.6 Å². The fourth-order valence-corrected chi connectivity index (χ4v) is 4.13. The van der Waals surface area contributed by atoms with E-state index in [1.807, 2.05) is 0 Å². The third kappa shape index (κ3) is 6.96. The zero-order chi connectivity index (χ0) is 20.9. The summed E-state index contributed by atoms with van der Waals surface area (Å²) in [5, 5.41) is -2.59. The monoisotopic (exact) mass is 412 g/mol. The summed E-state index contributed by atoms with van der Waals surface area (Å²) in [6.07, 6.45) is -4.33. The highest BCUT2D eigenvalue weighted by molar-refractivity contribution is 8.00. The second kappa shape index (κ2) is 9.34. The van der Waals surface area contributed by atoms with Crippen molar-refractivity contribution >= 4 is 35.6 Å². The topological polar surface area (TPSA) is 105 Å². The van der Waals surface area contributed by atoms with Gasteiger partial charge >= 0.3 is 23.9 Å². The lowest BCUT2D eigenvalue weighted by Gasteiger charge is -2.45. The number of alkyl halides is 2. The maximum atomic E-state index is 14.2. The Balaban J connectivity index is 3.36. The van der Waals surface area contributed by atoms with Crippen LogP contribution >= 0.6 is 11.8 Å². The van der Waals surface area contributed by atoms with Crippen molar-refractivity contribution in [1.29, 1.82) is 0 Å². The Morgan fingerprint density at radius 2 is 1.26 bits per heavy atom. The van der Waals surface area contributed by atoms with Gasteiger partial charge in [-0.3, -0.25) is 19.2 Å². The summed E-state index contributed by atoms with van der Waals surface area (Å²) in [4.78, 5) is 45.6. The largest absolute Gasteiger partial charge is 0.465 e. The van der Waals surface area contributed by atoms with E-state index in [-0.39, 0.29) is 6.61 Å². The van der Waals surface area contributed by atoms with Gasteiger partial charge in [0.2, 0.25) is 0 Å². The lowest BCUT2D eigenvalue weighted by molar-refractivity contribution is -0.191. The molecule has 27 heavy (non-hydrogen) atoms. The first-order chi connectivity index (χ1) is 12.3. The van der Waals surface area contributed by atoms with Gasteiger partial charge in [0.15, 0.2) is 18.3 Å². The van der Waals surface area contributed by atoms with E-state index in [2.05, 4.69) is 0 Å². The SMILES string of the molecule is CC(=O)OC[C@H]1SC(C(C)(F)F)[C@H](OC(C)=O)[C@@H](OC(C)=O)[C@@H]1OC(C)=O. The molecule has 0 spiro atoms. The van der Waals surface area contributed by atoms with Gasteiger partial charge in [0.05, 0.1) is 5.25 Å². The Morgan fingerprint density at radius 3 is 1.67 bits per heavy atom. The van der Waals surface area contributed by atoms with Gasteiger partial charge in [-0.05, 0) is 0 Å². The number of carbonyl (C=O) groups excluding carboxylic acids is 4. The van der Waals surface area contributed by atoms with Crippen LogP contribution in [0.4, 0.5) is 8.78 Å². The first kappa shape index (κ1) is 23.1. The summed E-state index contributed by atoms with van der Waals surface area (Å²) in [6, 6.07) is 0. The smallest absolute Gasteiger partial charge is 0.303 e. The Labute approximate surface area is 159 Å². The van der Waals surface area contributed by atoms with E-state index in [0.717, 1.165) is 27.7 Å². The summed E-state index contributed by atoms with van der Waals surface area (Å²) in [5.41, 5.74) is 0. The van der Waals surface area contributed by atoms with Crippen molar-refractivity contribution in [3.8, 4) is 0 Å². The summed E-state index contributed by atoms with van der Waals surface area (Å²) < 4.78 is 48.6. The number of esters is 4. The average molecular weight is 412 g/mol. The fourth-order valence-electron chi connectivity index (χ4n) is 2.64. The molecule has 5 atom stereocenters. The molecule has 1 unspecified atom stereocenters. The number of thioether (sulfide) groups is 1. The molecule has 0 aromatic carbocycles. The minimum absolute atomic E-state index is 0.366. The molecule has 1 fully saturated rings. The number of carbonyl (C=O) groups is 4. The molecule has 0 saturated carbocycles. The van der Waals surface area contributed by atoms with Gasteiger partial charge in [0, 0.05) is 34.6 Å². The summed E-state index contributed by atoms with van der Waals surface area (Å²) in [7, 11) is 0. The van der Waals surface area contributed by atoms with Crippen LogP contribution in [0.25, 0.3) is 0 Å². The number of rotatable bonds is 6. The van der Waals surface area contributed by atoms with Gasteiger partial charge in [-0.2, -0.15) is 0 Å². The van der Waals surface area contributed by atoms with Crippen LogP contribution in [0.2, 0.25) is 0 Å². The van der Waals surface area contributed by atoms with Gasteiger partial charge in [-0.1, -0.05) is 0 Å². The normalized spacial score (nSPS) is 28.0. The van der Waals surface area contributed by atoms with E-state index in [9.17, 15) is 28.0 Å². The maximum absolute atomic E-state index is 14.2. The predicted octanol–water partition coefficient (Wildman–Crippen LogP) is 1.48. The van der Waals surface area contributed by atoms with Crippen LogP contribution in [0, 0.1) is 0 Å². The van der Waals surface area contributed by atoms with Gasteiger partial charge in [-0.15, -0.1) is 11.8 Å². The van der Waals surface area contributed by atoms with Crippen LogP contribution in [-0.2, 0) is 38.1 Å². The molecular weight excluding hydrogens is 390 g/mol. The van der Waals surface area contributed by atoms with Gasteiger partial charge in [0.1, 0.15) is 11.9 Å². The second-order valence-corrected chi connectivity index (χ2v) is 7.46. The second-order valence-electron chi connectivity index (χ2n) is 6.08. The van der Waals surface area contributed by atoms with E-state index >= 15 is 0 Å². The van der Waals surface area contributed by atoms with Crippen LogP contribution in [0.15, 0.2) is 0 Å². The Bertz CT molecular complexity index is 591. The van der Waals surface area contributed by atoms with E-state index in [0.29, 0.717) is 18.7 Å². The predicted molar refractivity (Wildman–Crippen MR) is 89.1 cm³/mol. The highest BCUT2D eigenvalue weighted by Crippen LogP contribution is 2.44. The molecule has 0 bridgehead atoms. The van der Waals surface area contributed by atoms with E-state index in [4.69, 9.17) is 18.9 Å². The lowest BCUT2D eigenvalue weighted by atomic mass is 9.97. The minimum atomic E-state index is -3.35. The Kier molecular flexibility index (Phi) is 8.00. The van der Waals surface area contributed by atoms with Crippen molar-refractivity contribution in [2.75, 3.05) is 6.61 Å². The standard InChI is InChI=1S/C16H22F2O8S/c1-7(19)23-6-11-12(24-8(2)20)13(25-9(3)21)14(26-10(4)22)15(27-11)16(5,17)18/h11-15H,6H2,1-5H3/t11-,12-,13+,14-,15?/m1/s1. The zero-order valence-corrected chi connectivity index (χ0v) is 16.3. The Morgan fingerprint density at radius 1 is 0.815 bits per heavy atom. The van der Waals surface area contributed by atoms with E-state index < -0.39 is 58.6 Å². The molecule has 1 aliphatic rings. The third-order valence-corrected chi connectivity index (χ3v) is 5.22. The van der Waals surface area contributed by atoms with Crippen molar-refractivity contribution in [3.05, 3.63) is 0 Å². The summed E-state index contributed by atoms with van der Waals surface area (Å²) in [6.45, 7) is 4.53. The molecule has 11 heteroatoms. The van der Waals surface area contributed by atoms with Crippen LogP contribution in [0.5, 0.6) is 0 Å². The minimum Gasteiger partial charge on any atom is -0.465 e.